The fraction of sp³-hybridized carbons (Fsp3) is 0.229. The van der Waals surface area contributed by atoms with Gasteiger partial charge in [-0.05, 0) is 215 Å². The topological polar surface area (TPSA) is 6.48 Å². The molecule has 10 aromatic rings. The van der Waals surface area contributed by atoms with Crippen LogP contribution in [0.4, 0.5) is 34.1 Å². The molecule has 85 heavy (non-hydrogen) atoms. The van der Waals surface area contributed by atoms with Gasteiger partial charge in [-0.3, -0.25) is 0 Å². The van der Waals surface area contributed by atoms with Gasteiger partial charge in [-0.25, -0.2) is 0 Å². The Kier molecular flexibility index (Phi) is 13.0. The first-order valence-corrected chi connectivity index (χ1v) is 31.5. The maximum absolute atomic E-state index is 2.54. The van der Waals surface area contributed by atoms with Gasteiger partial charge in [0.2, 0.25) is 0 Å². The fourth-order valence-corrected chi connectivity index (χ4v) is 15.9. The van der Waals surface area contributed by atoms with E-state index in [1.165, 1.54) is 210 Å². The molecule has 0 heterocycles. The summed E-state index contributed by atoms with van der Waals surface area (Å²) in [6.45, 7) is 13.5. The van der Waals surface area contributed by atoms with E-state index in [1.54, 1.807) is 0 Å². The zero-order chi connectivity index (χ0) is 57.6. The highest BCUT2D eigenvalue weighted by Gasteiger charge is 2.46. The summed E-state index contributed by atoms with van der Waals surface area (Å²) in [6, 6.07) is 79.5. The van der Waals surface area contributed by atoms with E-state index >= 15 is 0 Å². The summed E-state index contributed by atoms with van der Waals surface area (Å²) < 4.78 is 0. The van der Waals surface area contributed by atoms with Crippen LogP contribution in [0.3, 0.4) is 0 Å². The molecule has 5 aliphatic rings. The van der Waals surface area contributed by atoms with Gasteiger partial charge in [-0.2, -0.15) is 0 Å². The van der Waals surface area contributed by atoms with Gasteiger partial charge in [0, 0.05) is 50.4 Å². The van der Waals surface area contributed by atoms with Crippen LogP contribution in [0.5, 0.6) is 0 Å². The molecule has 2 heteroatoms. The number of nitrogens with zero attached hydrogens (tertiary/aromatic N) is 2. The molecule has 0 radical (unpaired) electrons. The first kappa shape index (κ1) is 53.0. The van der Waals surface area contributed by atoms with Gasteiger partial charge in [0.1, 0.15) is 0 Å². The van der Waals surface area contributed by atoms with E-state index in [0.717, 1.165) is 0 Å². The van der Waals surface area contributed by atoms with Crippen LogP contribution in [-0.2, 0) is 16.2 Å². The molecule has 0 aliphatic heterocycles. The average Bonchev–Trinajstić information content (AvgIpc) is 1.69. The second kappa shape index (κ2) is 20.8. The molecular formula is C83H76N2. The summed E-state index contributed by atoms with van der Waals surface area (Å²) >= 11 is 0. The van der Waals surface area contributed by atoms with Crippen molar-refractivity contribution >= 4 is 58.4 Å². The predicted molar refractivity (Wildman–Crippen MR) is 362 cm³/mol. The smallest absolute Gasteiger partial charge is 0.0465 e. The van der Waals surface area contributed by atoms with Crippen LogP contribution in [-0.4, -0.2) is 0 Å². The molecule has 418 valence electrons. The van der Waals surface area contributed by atoms with E-state index in [0.29, 0.717) is 0 Å². The number of fused-ring (bicyclic) bond motifs is 13. The number of rotatable bonds is 10. The number of benzene rings is 10. The van der Waals surface area contributed by atoms with Crippen LogP contribution in [0.2, 0.25) is 0 Å². The third-order valence-electron chi connectivity index (χ3n) is 20.5. The van der Waals surface area contributed by atoms with E-state index in [2.05, 4.69) is 282 Å². The molecule has 2 fully saturated rings. The Balaban J connectivity index is 0.691. The molecule has 10 aromatic carbocycles. The quantitative estimate of drug-likeness (QED) is 0.126. The van der Waals surface area contributed by atoms with Crippen LogP contribution >= 0.6 is 0 Å². The Morgan fingerprint density at radius 2 is 0.494 bits per heavy atom. The highest BCUT2D eigenvalue weighted by atomic mass is 15.1. The molecule has 0 unspecified atom stereocenters. The van der Waals surface area contributed by atoms with E-state index in [4.69, 9.17) is 0 Å². The van der Waals surface area contributed by atoms with Gasteiger partial charge in [-0.1, -0.05) is 232 Å². The van der Waals surface area contributed by atoms with E-state index < -0.39 is 0 Å². The van der Waals surface area contributed by atoms with Crippen molar-refractivity contribution in [3.8, 4) is 33.4 Å². The van der Waals surface area contributed by atoms with Crippen molar-refractivity contribution in [2.45, 2.75) is 122 Å². The van der Waals surface area contributed by atoms with Crippen molar-refractivity contribution < 1.29 is 0 Å². The van der Waals surface area contributed by atoms with Gasteiger partial charge in [-0.15, -0.1) is 0 Å². The molecule has 0 bridgehead atoms. The second-order valence-electron chi connectivity index (χ2n) is 26.3. The maximum Gasteiger partial charge on any atom is 0.0465 e. The van der Waals surface area contributed by atoms with Crippen molar-refractivity contribution in [3.63, 3.8) is 0 Å². The van der Waals surface area contributed by atoms with Gasteiger partial charge in [0.05, 0.1) is 0 Å². The van der Waals surface area contributed by atoms with E-state index in [9.17, 15) is 0 Å². The average molecular weight is 1100 g/mol. The number of anilines is 6. The lowest BCUT2D eigenvalue weighted by Crippen LogP contribution is -2.28. The summed E-state index contributed by atoms with van der Waals surface area (Å²) in [5.41, 5.74) is 34.3. The minimum atomic E-state index is -0.140. The Hall–Kier alpha value is -8.72. The number of hydrogen-bond donors (Lipinski definition) is 0. The molecule has 0 N–H and O–H groups in total. The van der Waals surface area contributed by atoms with Crippen LogP contribution < -0.4 is 9.80 Å². The summed E-state index contributed by atoms with van der Waals surface area (Å²) in [6.07, 6.45) is 21.8. The largest absolute Gasteiger partial charge is 0.310 e. The molecule has 5 aliphatic carbocycles. The second-order valence-corrected chi connectivity index (χ2v) is 26.3. The SMILES string of the molecule is Cc1ccc(N(c2ccc(C)cc2)c2ccc3c(c2)C2(CCCCC2)c2cc(/C=C/c4ccc5c(c4)C(C)(C)c4cc(/C=C/c6ccc7c(c6)C6(CCCCC6)c6cc(N(c8ccc(C)cc8)c8ccc(C)cc8)ccc6-7)ccc4-5)ccc2-3)cc1. The third kappa shape index (κ3) is 9.06. The zero-order valence-electron chi connectivity index (χ0n) is 50.4. The monoisotopic (exact) mass is 1100 g/mol. The lowest BCUT2D eigenvalue weighted by Gasteiger charge is -2.37. The molecule has 2 nitrogen and oxygen atoms in total. The van der Waals surface area contributed by atoms with Crippen molar-refractivity contribution in [2.24, 2.45) is 0 Å². The molecule has 2 saturated carbocycles. The van der Waals surface area contributed by atoms with Crippen LogP contribution in [0.15, 0.2) is 206 Å². The summed E-state index contributed by atoms with van der Waals surface area (Å²) in [4.78, 5) is 4.89. The normalized spacial score (nSPS) is 16.3. The summed E-state index contributed by atoms with van der Waals surface area (Å²) in [5.74, 6) is 0. The van der Waals surface area contributed by atoms with Crippen molar-refractivity contribution in [2.75, 3.05) is 9.80 Å². The fourth-order valence-electron chi connectivity index (χ4n) is 15.9. The third-order valence-corrected chi connectivity index (χ3v) is 20.5. The number of aryl methyl sites for hydroxylation is 4. The van der Waals surface area contributed by atoms with Gasteiger partial charge in [0.15, 0.2) is 0 Å². The first-order valence-electron chi connectivity index (χ1n) is 31.5. The van der Waals surface area contributed by atoms with Crippen LogP contribution in [0, 0.1) is 27.7 Å². The minimum Gasteiger partial charge on any atom is -0.310 e. The van der Waals surface area contributed by atoms with Crippen molar-refractivity contribution in [1.82, 2.24) is 0 Å². The van der Waals surface area contributed by atoms with Gasteiger partial charge < -0.3 is 9.80 Å². The van der Waals surface area contributed by atoms with Gasteiger partial charge in [0.25, 0.3) is 0 Å². The number of hydrogen-bond acceptors (Lipinski definition) is 2. The van der Waals surface area contributed by atoms with Crippen molar-refractivity contribution in [1.29, 1.82) is 0 Å². The van der Waals surface area contributed by atoms with Crippen LogP contribution in [0.25, 0.3) is 57.7 Å². The lowest BCUT2D eigenvalue weighted by molar-refractivity contribution is 0.353. The molecule has 15 rings (SSSR count). The molecule has 2 spiro atoms. The standard InChI is InChI=1S/C83H76N2/c1-55-13-29-63(30-14-55)84(64-31-15-56(2)16-32-64)67-37-43-73-71-41-27-61(51-77(71)82(79(73)53-67)45-9-7-10-46-82)23-21-59-25-39-69-70-40-26-60(50-76(70)81(5,6)75(69)49-59)22-24-62-28-42-72-74-44-38-68(54-80(74)83(78(72)52-62)47-11-8-12-48-83)85(65-33-17-57(3)18-34-65)66-35-19-58(4)20-36-66/h13-44,49-54H,7-12,45-48H2,1-6H3/b23-21+,24-22+. The first-order chi connectivity index (χ1) is 41.4. The Morgan fingerprint density at radius 1 is 0.259 bits per heavy atom. The Bertz CT molecular complexity index is 3920. The summed E-state index contributed by atoms with van der Waals surface area (Å²) in [5, 5.41) is 0. The molecular weight excluding hydrogens is 1020 g/mol. The highest BCUT2D eigenvalue weighted by Crippen LogP contribution is 2.59. The zero-order valence-corrected chi connectivity index (χ0v) is 50.4. The molecule has 0 atom stereocenters. The van der Waals surface area contributed by atoms with Crippen LogP contribution in [0.1, 0.15) is 156 Å². The molecule has 0 aromatic heterocycles. The lowest BCUT2D eigenvalue weighted by atomic mass is 9.67. The van der Waals surface area contributed by atoms with Gasteiger partial charge >= 0.3 is 0 Å². The van der Waals surface area contributed by atoms with E-state index in [-0.39, 0.29) is 16.2 Å². The Morgan fingerprint density at radius 3 is 0.788 bits per heavy atom. The van der Waals surface area contributed by atoms with Crippen molar-refractivity contribution in [3.05, 3.63) is 284 Å². The maximum atomic E-state index is 2.54. The minimum absolute atomic E-state index is 0.0112. The predicted octanol–water partition coefficient (Wildman–Crippen LogP) is 23.0. The molecule has 0 saturated heterocycles. The Labute approximate surface area is 504 Å². The molecule has 0 amide bonds. The summed E-state index contributed by atoms with van der Waals surface area (Å²) in [7, 11) is 0. The van der Waals surface area contributed by atoms with E-state index in [1.807, 2.05) is 0 Å². The highest BCUT2D eigenvalue weighted by molar-refractivity contribution is 5.91.